The topological polar surface area (TPSA) is 65.5 Å². The van der Waals surface area contributed by atoms with Gasteiger partial charge in [0.25, 0.3) is 0 Å². The first kappa shape index (κ1) is 15.9. The molecule has 2 aliphatic rings. The van der Waals surface area contributed by atoms with E-state index in [1.807, 2.05) is 12.3 Å². The number of fused-ring (bicyclic) bond motifs is 1. The van der Waals surface area contributed by atoms with Crippen molar-refractivity contribution in [2.75, 3.05) is 18.0 Å². The average molecular weight is 437 g/mol. The molecule has 0 radical (unpaired) electrons. The van der Waals surface area contributed by atoms with Crippen LogP contribution < -0.4 is 10.2 Å². The first-order chi connectivity index (χ1) is 11.6. The molecule has 2 fully saturated rings. The summed E-state index contributed by atoms with van der Waals surface area (Å²) in [5.74, 6) is 1.33. The summed E-state index contributed by atoms with van der Waals surface area (Å²) in [7, 11) is 0. The van der Waals surface area contributed by atoms with Crippen molar-refractivity contribution >= 4 is 45.3 Å². The van der Waals surface area contributed by atoms with E-state index in [9.17, 15) is 4.79 Å². The highest BCUT2D eigenvalue weighted by Gasteiger charge is 2.38. The van der Waals surface area contributed by atoms with E-state index in [0.717, 1.165) is 39.9 Å². The van der Waals surface area contributed by atoms with Crippen LogP contribution in [-0.2, 0) is 0 Å². The van der Waals surface area contributed by atoms with Crippen molar-refractivity contribution in [1.82, 2.24) is 10.3 Å². The Labute approximate surface area is 154 Å². The summed E-state index contributed by atoms with van der Waals surface area (Å²) < 4.78 is 1.14. The van der Waals surface area contributed by atoms with Crippen LogP contribution in [-0.4, -0.2) is 35.3 Å². The monoisotopic (exact) mass is 437 g/mol. The van der Waals surface area contributed by atoms with Gasteiger partial charge in [0.1, 0.15) is 0 Å². The molecule has 2 heterocycles. The van der Waals surface area contributed by atoms with E-state index >= 15 is 0 Å². The van der Waals surface area contributed by atoms with Gasteiger partial charge in [-0.05, 0) is 78.0 Å². The van der Waals surface area contributed by atoms with Gasteiger partial charge in [0, 0.05) is 33.9 Å². The van der Waals surface area contributed by atoms with Crippen molar-refractivity contribution in [2.45, 2.75) is 25.3 Å². The van der Waals surface area contributed by atoms with Gasteiger partial charge in [0.2, 0.25) is 0 Å². The molecule has 2 unspecified atom stereocenters. The molecule has 1 aliphatic carbocycles. The fraction of sp³-hybridized carbons (Fsp3) is 0.444. The normalized spacial score (nSPS) is 24.1. The molecule has 1 saturated carbocycles. The third kappa shape index (κ3) is 3.16. The predicted molar refractivity (Wildman–Crippen MR) is 102 cm³/mol. The van der Waals surface area contributed by atoms with Gasteiger partial charge in [-0.25, -0.2) is 4.79 Å². The number of piperidine rings is 1. The van der Waals surface area contributed by atoms with Gasteiger partial charge in [-0.1, -0.05) is 0 Å². The smallest absolute Gasteiger partial charge is 0.404 e. The standard InChI is InChI=1S/C18H20IN3O2/c19-15-5-6-16(14-2-1-7-20-17(14)15)22-9-12(11-3-4-11)8-13(10-22)21-18(23)24/h1-2,5-7,11-13,21H,3-4,8-10H2,(H,23,24). The summed E-state index contributed by atoms with van der Waals surface area (Å²) in [4.78, 5) is 18.0. The second-order valence-electron chi connectivity index (χ2n) is 6.85. The van der Waals surface area contributed by atoms with E-state index in [0.29, 0.717) is 5.92 Å². The molecule has 4 rings (SSSR count). The zero-order chi connectivity index (χ0) is 16.7. The molecule has 1 aliphatic heterocycles. The molecule has 0 bridgehead atoms. The van der Waals surface area contributed by atoms with Crippen LogP contribution in [0.15, 0.2) is 30.5 Å². The van der Waals surface area contributed by atoms with Crippen LogP contribution >= 0.6 is 22.6 Å². The van der Waals surface area contributed by atoms with Gasteiger partial charge in [-0.3, -0.25) is 4.98 Å². The molecule has 2 N–H and O–H groups in total. The van der Waals surface area contributed by atoms with Crippen LogP contribution in [0.3, 0.4) is 0 Å². The number of amides is 1. The molecule has 1 aromatic heterocycles. The molecule has 1 aromatic carbocycles. The van der Waals surface area contributed by atoms with Crippen LogP contribution in [0.25, 0.3) is 10.9 Å². The Morgan fingerprint density at radius 2 is 2.08 bits per heavy atom. The molecule has 1 amide bonds. The highest BCUT2D eigenvalue weighted by atomic mass is 127. The zero-order valence-corrected chi connectivity index (χ0v) is 15.4. The van der Waals surface area contributed by atoms with Crippen LogP contribution in [0.5, 0.6) is 0 Å². The number of rotatable bonds is 3. The lowest BCUT2D eigenvalue weighted by Gasteiger charge is -2.39. The minimum absolute atomic E-state index is 0.00662. The van der Waals surface area contributed by atoms with Crippen molar-refractivity contribution in [3.8, 4) is 0 Å². The van der Waals surface area contributed by atoms with Crippen LogP contribution in [0.4, 0.5) is 10.5 Å². The average Bonchev–Trinajstić information content (AvgIpc) is 3.39. The number of anilines is 1. The maximum absolute atomic E-state index is 11.1. The van der Waals surface area contributed by atoms with Crippen molar-refractivity contribution in [3.63, 3.8) is 0 Å². The van der Waals surface area contributed by atoms with E-state index < -0.39 is 6.09 Å². The highest BCUT2D eigenvalue weighted by Crippen LogP contribution is 2.42. The van der Waals surface area contributed by atoms with E-state index in [-0.39, 0.29) is 6.04 Å². The fourth-order valence-electron chi connectivity index (χ4n) is 3.92. The number of hydrogen-bond donors (Lipinski definition) is 2. The van der Waals surface area contributed by atoms with E-state index in [2.05, 4.69) is 56.0 Å². The quantitative estimate of drug-likeness (QED) is 0.719. The summed E-state index contributed by atoms with van der Waals surface area (Å²) in [5, 5.41) is 13.0. The number of halogens is 1. The minimum Gasteiger partial charge on any atom is -0.465 e. The molecular weight excluding hydrogens is 417 g/mol. The molecule has 126 valence electrons. The third-order valence-electron chi connectivity index (χ3n) is 5.14. The number of nitrogens with one attached hydrogen (secondary N) is 1. The van der Waals surface area contributed by atoms with Gasteiger partial charge in [0.05, 0.1) is 11.6 Å². The second-order valence-corrected chi connectivity index (χ2v) is 8.01. The molecule has 2 aromatic rings. The number of pyridine rings is 1. The molecule has 1 saturated heterocycles. The maximum atomic E-state index is 11.1. The van der Waals surface area contributed by atoms with Gasteiger partial charge < -0.3 is 15.3 Å². The molecule has 5 nitrogen and oxygen atoms in total. The van der Waals surface area contributed by atoms with Crippen molar-refractivity contribution in [3.05, 3.63) is 34.0 Å². The highest BCUT2D eigenvalue weighted by molar-refractivity contribution is 14.1. The number of aromatic nitrogens is 1. The fourth-order valence-corrected chi connectivity index (χ4v) is 4.53. The summed E-state index contributed by atoms with van der Waals surface area (Å²) in [6.45, 7) is 1.73. The largest absolute Gasteiger partial charge is 0.465 e. The maximum Gasteiger partial charge on any atom is 0.404 e. The van der Waals surface area contributed by atoms with Crippen molar-refractivity contribution < 1.29 is 9.90 Å². The predicted octanol–water partition coefficient (Wildman–Crippen LogP) is 3.71. The number of benzene rings is 1. The van der Waals surface area contributed by atoms with Gasteiger partial charge in [0.15, 0.2) is 0 Å². The van der Waals surface area contributed by atoms with Crippen LogP contribution in [0.2, 0.25) is 0 Å². The van der Waals surface area contributed by atoms with E-state index in [4.69, 9.17) is 5.11 Å². The Morgan fingerprint density at radius 1 is 1.25 bits per heavy atom. The lowest BCUT2D eigenvalue weighted by atomic mass is 9.89. The first-order valence-electron chi connectivity index (χ1n) is 8.39. The molecule has 6 heteroatoms. The van der Waals surface area contributed by atoms with E-state index in [1.165, 1.54) is 18.5 Å². The Bertz CT molecular complexity index is 778. The Hall–Kier alpha value is -1.57. The number of carbonyl (C=O) groups is 1. The summed E-state index contributed by atoms with van der Waals surface area (Å²) in [6, 6.07) is 8.33. The van der Waals surface area contributed by atoms with Crippen molar-refractivity contribution in [2.24, 2.45) is 11.8 Å². The Balaban J connectivity index is 1.69. The lowest BCUT2D eigenvalue weighted by Crippen LogP contribution is -2.51. The summed E-state index contributed by atoms with van der Waals surface area (Å²) >= 11 is 2.32. The molecule has 2 atom stereocenters. The van der Waals surface area contributed by atoms with Crippen LogP contribution in [0.1, 0.15) is 19.3 Å². The van der Waals surface area contributed by atoms with Gasteiger partial charge >= 0.3 is 6.09 Å². The zero-order valence-electron chi connectivity index (χ0n) is 13.3. The van der Waals surface area contributed by atoms with E-state index in [1.54, 1.807) is 0 Å². The number of hydrogen-bond acceptors (Lipinski definition) is 3. The second kappa shape index (κ2) is 6.38. The lowest BCUT2D eigenvalue weighted by molar-refractivity contribution is 0.184. The number of nitrogens with zero attached hydrogens (tertiary/aromatic N) is 2. The Kier molecular flexibility index (Phi) is 4.24. The number of carboxylic acid groups (broad SMARTS) is 1. The SMILES string of the molecule is O=C(O)NC1CC(C2CC2)CN(c2ccc(I)c3ncccc23)C1. The minimum atomic E-state index is -0.925. The molecule has 0 spiro atoms. The van der Waals surface area contributed by atoms with Gasteiger partial charge in [-0.2, -0.15) is 0 Å². The first-order valence-corrected chi connectivity index (χ1v) is 9.47. The van der Waals surface area contributed by atoms with Crippen molar-refractivity contribution in [1.29, 1.82) is 0 Å². The third-order valence-corrected chi connectivity index (χ3v) is 6.01. The summed E-state index contributed by atoms with van der Waals surface area (Å²) in [5.41, 5.74) is 2.19. The summed E-state index contributed by atoms with van der Waals surface area (Å²) in [6.07, 6.45) is 4.42. The van der Waals surface area contributed by atoms with Gasteiger partial charge in [-0.15, -0.1) is 0 Å². The Morgan fingerprint density at radius 3 is 2.83 bits per heavy atom. The molecular formula is C18H20IN3O2. The molecule has 24 heavy (non-hydrogen) atoms. The van der Waals surface area contributed by atoms with Crippen LogP contribution in [0, 0.1) is 15.4 Å².